The Hall–Kier alpha value is -11.9. The Labute approximate surface area is 517 Å². The van der Waals surface area contributed by atoms with E-state index in [1.807, 2.05) is 60.7 Å². The molecule has 3 aromatic heterocycles. The van der Waals surface area contributed by atoms with Gasteiger partial charge in [0.15, 0.2) is 11.2 Å². The number of hydrogen-bond acceptors (Lipinski definition) is 6. The summed E-state index contributed by atoms with van der Waals surface area (Å²) in [5.41, 5.74) is 33.9. The number of nitrogens with zero attached hydrogens (tertiary/aromatic N) is 4. The van der Waals surface area contributed by atoms with Gasteiger partial charge in [-0.3, -0.25) is 0 Å². The van der Waals surface area contributed by atoms with Crippen molar-refractivity contribution in [3.8, 4) is 112 Å². The van der Waals surface area contributed by atoms with Crippen LogP contribution in [0.5, 0.6) is 0 Å². The van der Waals surface area contributed by atoms with Crippen LogP contribution >= 0.6 is 0 Å². The molecule has 20 rings (SSSR count). The molecule has 6 heteroatoms. The van der Waals surface area contributed by atoms with E-state index in [9.17, 15) is 0 Å². The fraction of sp³-hybridized carbons (Fsp3) is 0.0238. The molecule has 0 saturated heterocycles. The fourth-order valence-electron chi connectivity index (χ4n) is 15.9. The van der Waals surface area contributed by atoms with Gasteiger partial charge in [-0.25, -0.2) is 19.9 Å². The molecular formula is C84H48N4O2. The molecule has 6 nitrogen and oxygen atoms in total. The van der Waals surface area contributed by atoms with Crippen molar-refractivity contribution in [1.29, 1.82) is 0 Å². The molecule has 0 radical (unpaired) electrons. The number of oxazole rings is 2. The van der Waals surface area contributed by atoms with Crippen LogP contribution in [0.3, 0.4) is 0 Å². The van der Waals surface area contributed by atoms with Gasteiger partial charge in [0.05, 0.1) is 33.3 Å². The SMILES string of the molecule is c1ccc2c(c1)-c1ccccc1C21c2cc(-c3ccc(-c4nc5ccccc5nc4-c4ccc(-c5ccc6c(c5)C5(c7ccccc7-c7ccccc75)c5cc(-c7nc8ccccc8o7)ccc5-6)cc4)cc3)ccc2-c2ccc(-c3nc4ccccc4o3)cc21. The fourth-order valence-corrected chi connectivity index (χ4v) is 15.9. The average molecular weight is 1150 g/mol. The lowest BCUT2D eigenvalue weighted by molar-refractivity contribution is 0.619. The number of benzene rings is 13. The molecule has 0 saturated carbocycles. The van der Waals surface area contributed by atoms with Gasteiger partial charge >= 0.3 is 0 Å². The summed E-state index contributed by atoms with van der Waals surface area (Å²) in [5.74, 6) is 1.24. The minimum absolute atomic E-state index is 0.565. The molecule has 0 N–H and O–H groups in total. The summed E-state index contributed by atoms with van der Waals surface area (Å²) in [6.45, 7) is 0. The maximum absolute atomic E-state index is 6.42. The summed E-state index contributed by atoms with van der Waals surface area (Å²) >= 11 is 0. The predicted octanol–water partition coefficient (Wildman–Crippen LogP) is 20.6. The molecule has 4 aliphatic rings. The molecule has 16 aromatic rings. The van der Waals surface area contributed by atoms with Crippen molar-refractivity contribution >= 4 is 33.2 Å². The Bertz CT molecular complexity index is 5240. The normalized spacial score (nSPS) is 13.7. The number of hydrogen-bond donors (Lipinski definition) is 0. The first-order valence-electron chi connectivity index (χ1n) is 30.7. The molecule has 416 valence electrons. The number of para-hydroxylation sites is 6. The highest BCUT2D eigenvalue weighted by Crippen LogP contribution is 2.65. The predicted molar refractivity (Wildman–Crippen MR) is 360 cm³/mol. The van der Waals surface area contributed by atoms with Crippen LogP contribution in [0.4, 0.5) is 0 Å². The largest absolute Gasteiger partial charge is 0.436 e. The zero-order valence-electron chi connectivity index (χ0n) is 48.3. The van der Waals surface area contributed by atoms with Gasteiger partial charge in [0.1, 0.15) is 11.0 Å². The Kier molecular flexibility index (Phi) is 10.0. The summed E-state index contributed by atoms with van der Waals surface area (Å²) in [7, 11) is 0. The smallest absolute Gasteiger partial charge is 0.227 e. The van der Waals surface area contributed by atoms with E-state index in [-0.39, 0.29) is 0 Å². The molecule has 0 fully saturated rings. The highest BCUT2D eigenvalue weighted by Gasteiger charge is 2.53. The first-order valence-corrected chi connectivity index (χ1v) is 30.7. The minimum Gasteiger partial charge on any atom is -0.436 e. The maximum atomic E-state index is 6.42. The van der Waals surface area contributed by atoms with Crippen LogP contribution in [0.1, 0.15) is 44.5 Å². The van der Waals surface area contributed by atoms with E-state index in [2.05, 4.69) is 231 Å². The Morgan fingerprint density at radius 2 is 0.467 bits per heavy atom. The Morgan fingerprint density at radius 1 is 0.200 bits per heavy atom. The van der Waals surface area contributed by atoms with Gasteiger partial charge in [0, 0.05) is 22.3 Å². The van der Waals surface area contributed by atoms with E-state index in [1.54, 1.807) is 0 Å². The van der Waals surface area contributed by atoms with Gasteiger partial charge in [-0.1, -0.05) is 218 Å². The third-order valence-corrected chi connectivity index (χ3v) is 19.8. The quantitative estimate of drug-likeness (QED) is 0.165. The monoisotopic (exact) mass is 1140 g/mol. The van der Waals surface area contributed by atoms with Gasteiger partial charge in [0.25, 0.3) is 0 Å². The van der Waals surface area contributed by atoms with Crippen LogP contribution in [0, 0.1) is 0 Å². The highest BCUT2D eigenvalue weighted by molar-refractivity contribution is 6.00. The molecule has 0 unspecified atom stereocenters. The Morgan fingerprint density at radius 3 is 0.822 bits per heavy atom. The summed E-state index contributed by atoms with van der Waals surface area (Å²) in [4.78, 5) is 20.7. The van der Waals surface area contributed by atoms with Crippen LogP contribution < -0.4 is 0 Å². The average Bonchev–Trinajstić information content (AvgIpc) is 1.52. The van der Waals surface area contributed by atoms with Gasteiger partial charge in [-0.15, -0.1) is 0 Å². The first-order chi connectivity index (χ1) is 44.6. The van der Waals surface area contributed by atoms with Gasteiger partial charge in [0.2, 0.25) is 11.8 Å². The Balaban J connectivity index is 0.676. The lowest BCUT2D eigenvalue weighted by Crippen LogP contribution is -2.26. The van der Waals surface area contributed by atoms with Crippen LogP contribution in [0.15, 0.2) is 300 Å². The standard InChI is InChI=1S/C84H48N4O2/c1-5-19-65-57(15-1)58-16-2-6-20-66(58)83(65)69-45-53(37-41-61(69)63-43-39-55(47-71(63)83)81-87-75-25-11-13-27-77(75)89-81)49-29-33-51(34-30-49)79-80(86-74-24-10-9-23-73(74)85-79)52-35-31-50(32-36-52)54-38-42-62-64-44-40-56(82-88-76-26-12-14-28-78(76)90-82)48-72(64)84(70(62)46-54)67-21-7-3-17-59(67)60-18-4-8-22-68(60)84/h1-48H. The third-order valence-electron chi connectivity index (χ3n) is 19.8. The summed E-state index contributed by atoms with van der Waals surface area (Å²) in [6.07, 6.45) is 0. The highest BCUT2D eigenvalue weighted by atomic mass is 16.4. The van der Waals surface area contributed by atoms with Crippen molar-refractivity contribution < 1.29 is 8.83 Å². The van der Waals surface area contributed by atoms with Crippen LogP contribution in [-0.4, -0.2) is 19.9 Å². The molecule has 13 aromatic carbocycles. The molecular weight excluding hydrogens is 1100 g/mol. The number of rotatable bonds is 6. The molecule has 90 heavy (non-hydrogen) atoms. The van der Waals surface area contributed by atoms with E-state index in [1.165, 1.54) is 89.0 Å². The topological polar surface area (TPSA) is 77.8 Å². The number of fused-ring (bicyclic) bond motifs is 23. The third kappa shape index (κ3) is 6.71. The van der Waals surface area contributed by atoms with Crippen molar-refractivity contribution in [2.24, 2.45) is 0 Å². The maximum Gasteiger partial charge on any atom is 0.227 e. The number of aromatic nitrogens is 4. The van der Waals surface area contributed by atoms with Crippen LogP contribution in [-0.2, 0) is 10.8 Å². The molecule has 0 atom stereocenters. The molecule has 2 spiro atoms. The lowest BCUT2D eigenvalue weighted by Gasteiger charge is -2.31. The van der Waals surface area contributed by atoms with E-state index in [4.69, 9.17) is 28.8 Å². The molecule has 0 amide bonds. The van der Waals surface area contributed by atoms with Crippen molar-refractivity contribution in [3.63, 3.8) is 0 Å². The van der Waals surface area contributed by atoms with Gasteiger partial charge < -0.3 is 8.83 Å². The second kappa shape index (κ2) is 18.3. The zero-order valence-corrected chi connectivity index (χ0v) is 48.3. The van der Waals surface area contributed by atoms with Crippen molar-refractivity contribution in [2.75, 3.05) is 0 Å². The van der Waals surface area contributed by atoms with Crippen molar-refractivity contribution in [3.05, 3.63) is 336 Å². The molecule has 4 aliphatic carbocycles. The summed E-state index contributed by atoms with van der Waals surface area (Å²) in [6, 6.07) is 105. The van der Waals surface area contributed by atoms with E-state index < -0.39 is 10.8 Å². The second-order valence-corrected chi connectivity index (χ2v) is 24.3. The summed E-state index contributed by atoms with van der Waals surface area (Å²) < 4.78 is 12.8. The molecule has 3 heterocycles. The molecule has 0 bridgehead atoms. The second-order valence-electron chi connectivity index (χ2n) is 24.3. The summed E-state index contributed by atoms with van der Waals surface area (Å²) in [5, 5.41) is 0. The lowest BCUT2D eigenvalue weighted by atomic mass is 9.70. The van der Waals surface area contributed by atoms with E-state index in [0.717, 1.165) is 89.1 Å². The zero-order chi connectivity index (χ0) is 58.8. The molecule has 0 aliphatic heterocycles. The van der Waals surface area contributed by atoms with E-state index in [0.29, 0.717) is 11.8 Å². The first kappa shape index (κ1) is 49.3. The van der Waals surface area contributed by atoms with Crippen molar-refractivity contribution in [2.45, 2.75) is 10.8 Å². The van der Waals surface area contributed by atoms with Gasteiger partial charge in [-0.05, 0) is 184 Å². The van der Waals surface area contributed by atoms with E-state index >= 15 is 0 Å². The minimum atomic E-state index is -0.565. The van der Waals surface area contributed by atoms with Crippen molar-refractivity contribution in [1.82, 2.24) is 19.9 Å². The van der Waals surface area contributed by atoms with Gasteiger partial charge in [-0.2, -0.15) is 0 Å². The van der Waals surface area contributed by atoms with Crippen LogP contribution in [0.25, 0.3) is 145 Å². The van der Waals surface area contributed by atoms with Crippen LogP contribution in [0.2, 0.25) is 0 Å².